The number of benzene rings is 1. The van der Waals surface area contributed by atoms with Gasteiger partial charge >= 0.3 is 0 Å². The summed E-state index contributed by atoms with van der Waals surface area (Å²) in [5.74, 6) is 0. The minimum absolute atomic E-state index is 0.133. The highest BCUT2D eigenvalue weighted by atomic mass is 16.6. The van der Waals surface area contributed by atoms with Crippen LogP contribution in [-0.4, -0.2) is 41.9 Å². The largest absolute Gasteiger partial charge is 0.378 e. The van der Waals surface area contributed by atoms with Crippen LogP contribution >= 0.6 is 0 Å². The van der Waals surface area contributed by atoms with Crippen molar-refractivity contribution in [1.82, 2.24) is 5.01 Å². The second kappa shape index (κ2) is 5.79. The van der Waals surface area contributed by atoms with Gasteiger partial charge in [0.1, 0.15) is 0 Å². The lowest BCUT2D eigenvalue weighted by atomic mass is 10.1. The number of hydrogen-bond donors (Lipinski definition) is 0. The van der Waals surface area contributed by atoms with Gasteiger partial charge in [0.05, 0.1) is 36.9 Å². The van der Waals surface area contributed by atoms with Crippen molar-refractivity contribution in [2.75, 3.05) is 26.3 Å². The van der Waals surface area contributed by atoms with Crippen LogP contribution in [0.4, 0.5) is 5.69 Å². The van der Waals surface area contributed by atoms with Crippen LogP contribution in [0, 0.1) is 17.0 Å². The van der Waals surface area contributed by atoms with Crippen molar-refractivity contribution in [2.24, 2.45) is 5.10 Å². The summed E-state index contributed by atoms with van der Waals surface area (Å²) in [6.07, 6.45) is 0. The SMILES string of the molecule is C/C(=N\N1CCOCC1)c1ccc(C)c([N+](=O)[O-])c1. The van der Waals surface area contributed by atoms with Gasteiger partial charge < -0.3 is 4.74 Å². The lowest BCUT2D eigenvalue weighted by Crippen LogP contribution is -2.33. The number of ether oxygens (including phenoxy) is 1. The quantitative estimate of drug-likeness (QED) is 0.475. The molecule has 1 aromatic rings. The molecule has 1 heterocycles. The summed E-state index contributed by atoms with van der Waals surface area (Å²) >= 11 is 0. The van der Waals surface area contributed by atoms with Gasteiger partial charge in [-0.15, -0.1) is 0 Å². The summed E-state index contributed by atoms with van der Waals surface area (Å²) in [7, 11) is 0. The van der Waals surface area contributed by atoms with Crippen LogP contribution in [0.5, 0.6) is 0 Å². The van der Waals surface area contributed by atoms with E-state index in [4.69, 9.17) is 4.74 Å². The predicted molar refractivity (Wildman–Crippen MR) is 72.4 cm³/mol. The number of rotatable bonds is 3. The van der Waals surface area contributed by atoms with Gasteiger partial charge in [0.2, 0.25) is 0 Å². The zero-order chi connectivity index (χ0) is 13.8. The fourth-order valence-corrected chi connectivity index (χ4v) is 1.95. The van der Waals surface area contributed by atoms with Gasteiger partial charge in [0.15, 0.2) is 0 Å². The maximum absolute atomic E-state index is 10.9. The fourth-order valence-electron chi connectivity index (χ4n) is 1.95. The Bertz CT molecular complexity index is 508. The molecule has 1 saturated heterocycles. The number of hydrazone groups is 1. The summed E-state index contributed by atoms with van der Waals surface area (Å²) < 4.78 is 5.25. The molecule has 19 heavy (non-hydrogen) atoms. The van der Waals surface area contributed by atoms with E-state index >= 15 is 0 Å². The van der Waals surface area contributed by atoms with Crippen LogP contribution in [0.25, 0.3) is 0 Å². The molecule has 6 heteroatoms. The second-order valence-corrected chi connectivity index (χ2v) is 4.51. The minimum atomic E-state index is -0.360. The van der Waals surface area contributed by atoms with Gasteiger partial charge in [-0.1, -0.05) is 12.1 Å². The van der Waals surface area contributed by atoms with E-state index < -0.39 is 0 Å². The molecule has 0 unspecified atom stereocenters. The highest BCUT2D eigenvalue weighted by Gasteiger charge is 2.13. The lowest BCUT2D eigenvalue weighted by molar-refractivity contribution is -0.385. The Balaban J connectivity index is 2.23. The average Bonchev–Trinajstić information content (AvgIpc) is 2.40. The van der Waals surface area contributed by atoms with E-state index in [9.17, 15) is 10.1 Å². The maximum Gasteiger partial charge on any atom is 0.272 e. The van der Waals surface area contributed by atoms with E-state index in [1.807, 2.05) is 18.0 Å². The van der Waals surface area contributed by atoms with Crippen molar-refractivity contribution < 1.29 is 9.66 Å². The highest BCUT2D eigenvalue weighted by Crippen LogP contribution is 2.20. The Morgan fingerprint density at radius 2 is 2.11 bits per heavy atom. The second-order valence-electron chi connectivity index (χ2n) is 4.51. The molecule has 0 N–H and O–H groups in total. The summed E-state index contributed by atoms with van der Waals surface area (Å²) in [5, 5.41) is 17.3. The van der Waals surface area contributed by atoms with Crippen LogP contribution in [-0.2, 0) is 4.74 Å². The third-order valence-electron chi connectivity index (χ3n) is 3.10. The van der Waals surface area contributed by atoms with E-state index in [2.05, 4.69) is 5.10 Å². The molecule has 0 amide bonds. The molecule has 0 saturated carbocycles. The van der Waals surface area contributed by atoms with Crippen molar-refractivity contribution in [2.45, 2.75) is 13.8 Å². The molecular formula is C13H17N3O3. The van der Waals surface area contributed by atoms with E-state index in [-0.39, 0.29) is 10.6 Å². The molecule has 102 valence electrons. The summed E-state index contributed by atoms with van der Waals surface area (Å²) in [6.45, 7) is 6.45. The number of aryl methyl sites for hydroxylation is 1. The van der Waals surface area contributed by atoms with Gasteiger partial charge in [-0.05, 0) is 13.8 Å². The monoisotopic (exact) mass is 263 g/mol. The maximum atomic E-state index is 10.9. The minimum Gasteiger partial charge on any atom is -0.378 e. The van der Waals surface area contributed by atoms with Gasteiger partial charge in [0.25, 0.3) is 5.69 Å². The van der Waals surface area contributed by atoms with E-state index in [0.717, 1.165) is 24.4 Å². The molecule has 0 radical (unpaired) electrons. The molecule has 1 aliphatic rings. The average molecular weight is 263 g/mol. The standard InChI is InChI=1S/C13H17N3O3/c1-10-3-4-12(9-13(10)16(17)18)11(2)14-15-5-7-19-8-6-15/h3-4,9H,5-8H2,1-2H3/b14-11+. The first-order valence-electron chi connectivity index (χ1n) is 6.21. The third kappa shape index (κ3) is 3.29. The molecule has 6 nitrogen and oxygen atoms in total. The normalized spacial score (nSPS) is 16.5. The summed E-state index contributed by atoms with van der Waals surface area (Å²) in [6, 6.07) is 5.20. The molecule has 1 aliphatic heterocycles. The van der Waals surface area contributed by atoms with Crippen LogP contribution in [0.1, 0.15) is 18.1 Å². The third-order valence-corrected chi connectivity index (χ3v) is 3.10. The van der Waals surface area contributed by atoms with Crippen molar-refractivity contribution in [3.8, 4) is 0 Å². The van der Waals surface area contributed by atoms with Crippen LogP contribution in [0.2, 0.25) is 0 Å². The molecular weight excluding hydrogens is 246 g/mol. The molecule has 1 aromatic carbocycles. The van der Waals surface area contributed by atoms with Crippen LogP contribution in [0.15, 0.2) is 23.3 Å². The Kier molecular flexibility index (Phi) is 4.11. The van der Waals surface area contributed by atoms with Crippen LogP contribution in [0.3, 0.4) is 0 Å². The van der Waals surface area contributed by atoms with E-state index in [1.54, 1.807) is 19.1 Å². The Morgan fingerprint density at radius 3 is 2.74 bits per heavy atom. The zero-order valence-electron chi connectivity index (χ0n) is 11.1. The van der Waals surface area contributed by atoms with E-state index in [0.29, 0.717) is 18.8 Å². The van der Waals surface area contributed by atoms with Gasteiger partial charge in [-0.3, -0.25) is 15.1 Å². The first kappa shape index (κ1) is 13.5. The van der Waals surface area contributed by atoms with Crippen molar-refractivity contribution in [1.29, 1.82) is 0 Å². The van der Waals surface area contributed by atoms with Gasteiger partial charge in [0, 0.05) is 17.2 Å². The smallest absolute Gasteiger partial charge is 0.272 e. The summed E-state index contributed by atoms with van der Waals surface area (Å²) in [4.78, 5) is 10.6. The number of morpholine rings is 1. The number of nitrogens with zero attached hydrogens (tertiary/aromatic N) is 3. The Labute approximate surface area is 111 Å². The van der Waals surface area contributed by atoms with Crippen molar-refractivity contribution in [3.05, 3.63) is 39.4 Å². The van der Waals surface area contributed by atoms with Crippen molar-refractivity contribution in [3.63, 3.8) is 0 Å². The molecule has 2 rings (SSSR count). The number of nitro benzene ring substituents is 1. The summed E-state index contributed by atoms with van der Waals surface area (Å²) in [5.41, 5.74) is 2.36. The highest BCUT2D eigenvalue weighted by molar-refractivity contribution is 5.99. The Hall–Kier alpha value is -1.95. The molecule has 0 aliphatic carbocycles. The molecule has 0 bridgehead atoms. The fraction of sp³-hybridized carbons (Fsp3) is 0.462. The number of hydrogen-bond acceptors (Lipinski definition) is 5. The van der Waals surface area contributed by atoms with Gasteiger partial charge in [-0.2, -0.15) is 5.10 Å². The number of nitro groups is 1. The zero-order valence-corrected chi connectivity index (χ0v) is 11.1. The van der Waals surface area contributed by atoms with Crippen LogP contribution < -0.4 is 0 Å². The molecule has 1 fully saturated rings. The first-order chi connectivity index (χ1) is 9.08. The Morgan fingerprint density at radius 1 is 1.42 bits per heavy atom. The van der Waals surface area contributed by atoms with E-state index in [1.165, 1.54) is 0 Å². The van der Waals surface area contributed by atoms with Gasteiger partial charge in [-0.25, -0.2) is 0 Å². The first-order valence-corrected chi connectivity index (χ1v) is 6.21. The molecule has 0 atom stereocenters. The van der Waals surface area contributed by atoms with Crippen molar-refractivity contribution >= 4 is 11.4 Å². The lowest BCUT2D eigenvalue weighted by Gasteiger charge is -2.24. The predicted octanol–water partition coefficient (Wildman–Crippen LogP) is 1.96. The molecule has 0 aromatic heterocycles. The topological polar surface area (TPSA) is 68.0 Å². The molecule has 0 spiro atoms.